The lowest BCUT2D eigenvalue weighted by Crippen LogP contribution is -2.04. The van der Waals surface area contributed by atoms with E-state index in [9.17, 15) is 16.8 Å². The summed E-state index contributed by atoms with van der Waals surface area (Å²) < 4.78 is 68.7. The van der Waals surface area contributed by atoms with Crippen molar-refractivity contribution in [1.82, 2.24) is 0 Å². The molecular weight excluding hydrogens is 383 g/mol. The van der Waals surface area contributed by atoms with E-state index in [1.54, 1.807) is 12.1 Å². The van der Waals surface area contributed by atoms with E-state index < -0.39 is 23.1 Å². The second-order valence-electron chi connectivity index (χ2n) is 6.00. The van der Waals surface area contributed by atoms with E-state index in [0.717, 1.165) is 25.1 Å². The fourth-order valence-corrected chi connectivity index (χ4v) is 9.31. The Labute approximate surface area is 138 Å². The zero-order valence-corrected chi connectivity index (χ0v) is 15.7. The normalized spacial score (nSPS) is 33.0. The minimum absolute atomic E-state index is 0.0276. The first-order chi connectivity index (χ1) is 11.2. The molecule has 0 bridgehead atoms. The van der Waals surface area contributed by atoms with E-state index in [-0.39, 0.29) is 5.75 Å². The Morgan fingerprint density at radius 1 is 0.917 bits per heavy atom. The molecule has 0 N–H and O–H groups in total. The van der Waals surface area contributed by atoms with Crippen molar-refractivity contribution in [3.05, 3.63) is 29.8 Å². The van der Waals surface area contributed by atoms with Gasteiger partial charge >= 0.3 is 15.6 Å². The fourth-order valence-electron chi connectivity index (χ4n) is 2.99. The second-order valence-corrected chi connectivity index (χ2v) is 11.8. The maximum atomic E-state index is 14.5. The van der Waals surface area contributed by atoms with E-state index in [1.807, 2.05) is 0 Å². The average molecular weight is 401 g/mol. The second kappa shape index (κ2) is 6.63. The van der Waals surface area contributed by atoms with Crippen LogP contribution in [-0.4, -0.2) is 6.66 Å². The minimum Gasteiger partial charge on any atom is -0.419 e. The maximum absolute atomic E-state index is 14.5. The Hall–Kier alpha value is -0.570. The number of halogens is 4. The van der Waals surface area contributed by atoms with Crippen molar-refractivity contribution in [3.63, 3.8) is 0 Å². The first-order valence-corrected chi connectivity index (χ1v) is 12.6. The molecule has 11 heteroatoms. The Kier molecular flexibility index (Phi) is 5.03. The van der Waals surface area contributed by atoms with Gasteiger partial charge in [0.15, 0.2) is 0 Å². The Morgan fingerprint density at radius 2 is 1.54 bits per heavy atom. The molecule has 1 aromatic carbocycles. The van der Waals surface area contributed by atoms with Crippen LogP contribution in [0.15, 0.2) is 37.8 Å². The molecule has 1 aliphatic carbocycles. The summed E-state index contributed by atoms with van der Waals surface area (Å²) in [6.07, 6.45) is 5.81. The van der Waals surface area contributed by atoms with E-state index in [0.29, 0.717) is 5.92 Å². The van der Waals surface area contributed by atoms with E-state index in [4.69, 9.17) is 4.52 Å². The fraction of sp³-hybridized carbons (Fsp3) is 0.538. The van der Waals surface area contributed by atoms with Gasteiger partial charge in [0, 0.05) is 6.66 Å². The predicted molar refractivity (Wildman–Crippen MR) is 91.3 cm³/mol. The molecule has 4 nitrogen and oxygen atoms in total. The van der Waals surface area contributed by atoms with Gasteiger partial charge < -0.3 is 4.52 Å². The first kappa shape index (κ1) is 18.2. The number of rotatable bonds is 3. The summed E-state index contributed by atoms with van der Waals surface area (Å²) in [5, 5.41) is 0. The molecule has 0 saturated heterocycles. The molecule has 0 spiro atoms. The van der Waals surface area contributed by atoms with Crippen LogP contribution in [0.4, 0.5) is 16.8 Å². The van der Waals surface area contributed by atoms with Crippen molar-refractivity contribution >= 4 is 23.1 Å². The van der Waals surface area contributed by atoms with Crippen LogP contribution in [0.5, 0.6) is 5.75 Å². The van der Waals surface area contributed by atoms with Gasteiger partial charge in [0.1, 0.15) is 5.75 Å². The van der Waals surface area contributed by atoms with Gasteiger partial charge in [-0.25, -0.2) is 0 Å². The molecule has 2 unspecified atom stereocenters. The molecule has 0 radical (unpaired) electrons. The van der Waals surface area contributed by atoms with Crippen LogP contribution in [0, 0.1) is 0 Å². The molecule has 1 saturated carbocycles. The van der Waals surface area contributed by atoms with Crippen molar-refractivity contribution < 1.29 is 21.3 Å². The highest BCUT2D eigenvalue weighted by atomic mass is 31.3. The van der Waals surface area contributed by atoms with Crippen LogP contribution in [0.25, 0.3) is 0 Å². The number of benzene rings is 1. The van der Waals surface area contributed by atoms with Gasteiger partial charge in [-0.15, -0.1) is 21.6 Å². The van der Waals surface area contributed by atoms with Crippen molar-refractivity contribution in [2.45, 2.75) is 38.0 Å². The first-order valence-electron chi connectivity index (χ1n) is 7.64. The number of hydrogen-bond acceptors (Lipinski definition) is 4. The van der Waals surface area contributed by atoms with Crippen LogP contribution in [-0.2, 0) is 0 Å². The van der Waals surface area contributed by atoms with Crippen molar-refractivity contribution in [1.29, 1.82) is 0 Å². The van der Waals surface area contributed by atoms with Gasteiger partial charge in [-0.2, -0.15) is 8.71 Å². The van der Waals surface area contributed by atoms with Gasteiger partial charge in [0.25, 0.3) is 7.52 Å². The van der Waals surface area contributed by atoms with Crippen LogP contribution >= 0.6 is 23.1 Å². The molecule has 0 amide bonds. The summed E-state index contributed by atoms with van der Waals surface area (Å²) in [6.45, 7) is 0.777. The Bertz CT molecular complexity index is 771. The van der Waals surface area contributed by atoms with Crippen molar-refractivity contribution in [2.24, 2.45) is 13.5 Å². The lowest BCUT2D eigenvalue weighted by molar-refractivity contribution is 0.443. The molecule has 2 atom stereocenters. The van der Waals surface area contributed by atoms with Gasteiger partial charge in [0.2, 0.25) is 0 Å². The predicted octanol–water partition coefficient (Wildman–Crippen LogP) is 8.56. The van der Waals surface area contributed by atoms with E-state index in [2.05, 4.69) is 13.5 Å². The zero-order chi connectivity index (χ0) is 17.4. The highest BCUT2D eigenvalue weighted by Crippen LogP contribution is 2.79. The smallest absolute Gasteiger partial charge is 0.419 e. The molecule has 1 fully saturated rings. The number of nitrogens with zero attached hydrogens (tertiary/aromatic N) is 3. The molecule has 2 aliphatic rings. The van der Waals surface area contributed by atoms with Crippen LogP contribution in [0.1, 0.15) is 43.6 Å². The third kappa shape index (κ3) is 4.53. The Morgan fingerprint density at radius 3 is 2.12 bits per heavy atom. The van der Waals surface area contributed by atoms with Crippen LogP contribution in [0.3, 0.4) is 0 Å². The highest BCUT2D eigenvalue weighted by Gasteiger charge is 2.38. The summed E-state index contributed by atoms with van der Waals surface area (Å²) in [4.78, 5) is 0. The molecule has 1 aromatic rings. The zero-order valence-electron chi connectivity index (χ0n) is 13.0. The molecule has 1 aliphatic heterocycles. The van der Waals surface area contributed by atoms with Crippen molar-refractivity contribution in [2.75, 3.05) is 6.66 Å². The lowest BCUT2D eigenvalue weighted by Gasteiger charge is -2.22. The summed E-state index contributed by atoms with van der Waals surface area (Å²) in [7, 11) is -14.4. The molecule has 24 heavy (non-hydrogen) atoms. The molecule has 134 valence electrons. The van der Waals surface area contributed by atoms with Gasteiger partial charge in [-0.3, -0.25) is 0 Å². The highest BCUT2D eigenvalue weighted by molar-refractivity contribution is 7.79. The van der Waals surface area contributed by atoms with Gasteiger partial charge in [-0.1, -0.05) is 31.4 Å². The molecule has 0 aromatic heterocycles. The lowest BCUT2D eigenvalue weighted by atomic mass is 9.84. The largest absolute Gasteiger partial charge is 0.439 e. The minimum atomic E-state index is -5.37. The van der Waals surface area contributed by atoms with Crippen LogP contribution < -0.4 is 4.52 Å². The third-order valence-electron chi connectivity index (χ3n) is 3.94. The van der Waals surface area contributed by atoms with E-state index >= 15 is 0 Å². The van der Waals surface area contributed by atoms with Gasteiger partial charge in [-0.05, 0) is 36.5 Å². The van der Waals surface area contributed by atoms with E-state index in [1.165, 1.54) is 31.4 Å². The molecular formula is C13H18F4N3OP3. The van der Waals surface area contributed by atoms with Gasteiger partial charge in [0.05, 0.1) is 0 Å². The standard InChI is InChI=1S/C13H18F4N3OP3/c1-22(14)18-23(15,16)20-24(17,19-22)21-13-9-7-12(8-10-13)11-5-3-2-4-6-11/h7-11H,2-6H2,1H3. The number of hydrogen-bond donors (Lipinski definition) is 0. The third-order valence-corrected chi connectivity index (χ3v) is 10.5. The van der Waals surface area contributed by atoms with Crippen molar-refractivity contribution in [3.8, 4) is 5.75 Å². The molecule has 1 heterocycles. The Balaban J connectivity index is 1.82. The summed E-state index contributed by atoms with van der Waals surface area (Å²) in [5.74, 6) is 0.486. The maximum Gasteiger partial charge on any atom is 0.439 e. The summed E-state index contributed by atoms with van der Waals surface area (Å²) in [5.41, 5.74) is 1.11. The van der Waals surface area contributed by atoms with Crippen LogP contribution in [0.2, 0.25) is 0 Å². The summed E-state index contributed by atoms with van der Waals surface area (Å²) in [6, 6.07) is 6.60. The SMILES string of the molecule is CP1(F)=NP(F)(F)=NP(F)(Oc2ccc(C3CCCCC3)cc2)=N1. The summed E-state index contributed by atoms with van der Waals surface area (Å²) >= 11 is 0. The monoisotopic (exact) mass is 401 g/mol. The molecule has 3 rings (SSSR count). The topological polar surface area (TPSA) is 46.3 Å². The average Bonchev–Trinajstić information content (AvgIpc) is 2.44. The quantitative estimate of drug-likeness (QED) is 0.370.